The minimum Gasteiger partial charge on any atom is -0.494 e. The van der Waals surface area contributed by atoms with Crippen LogP contribution in [0.5, 0.6) is 11.5 Å². The van der Waals surface area contributed by atoms with E-state index >= 15 is 0 Å². The lowest BCUT2D eigenvalue weighted by atomic mass is 10.0. The summed E-state index contributed by atoms with van der Waals surface area (Å²) < 4.78 is 39.6. The summed E-state index contributed by atoms with van der Waals surface area (Å²) in [4.78, 5) is 4.33. The second kappa shape index (κ2) is 7.48. The number of fused-ring (bicyclic) bond motifs is 2. The highest BCUT2D eigenvalue weighted by molar-refractivity contribution is 7.89. The maximum absolute atomic E-state index is 13.2. The number of hydrogen-bond acceptors (Lipinski definition) is 5. The van der Waals surface area contributed by atoms with E-state index in [1.54, 1.807) is 41.0 Å². The molecule has 144 valence electrons. The van der Waals surface area contributed by atoms with Gasteiger partial charge in [0.1, 0.15) is 17.6 Å². The van der Waals surface area contributed by atoms with Gasteiger partial charge in [0.05, 0.1) is 11.5 Å². The lowest BCUT2D eigenvalue weighted by molar-refractivity contribution is 0.0956. The van der Waals surface area contributed by atoms with Crippen LogP contribution in [0, 0.1) is 0 Å². The van der Waals surface area contributed by atoms with E-state index in [0.29, 0.717) is 17.3 Å². The van der Waals surface area contributed by atoms with E-state index in [4.69, 9.17) is 9.47 Å². The summed E-state index contributed by atoms with van der Waals surface area (Å²) in [6.07, 6.45) is 6.65. The Hall–Kier alpha value is -2.12. The van der Waals surface area contributed by atoms with Gasteiger partial charge < -0.3 is 9.47 Å². The van der Waals surface area contributed by atoms with Crippen LogP contribution < -0.4 is 9.47 Å². The summed E-state index contributed by atoms with van der Waals surface area (Å²) in [6.45, 7) is 2.46. The van der Waals surface area contributed by atoms with Gasteiger partial charge in [-0.25, -0.2) is 8.42 Å². The summed E-state index contributed by atoms with van der Waals surface area (Å²) in [5.74, 6) is 1.47. The zero-order chi connectivity index (χ0) is 18.9. The third-order valence-electron chi connectivity index (χ3n) is 5.29. The molecule has 2 fully saturated rings. The van der Waals surface area contributed by atoms with Gasteiger partial charge >= 0.3 is 0 Å². The van der Waals surface area contributed by atoms with Crippen molar-refractivity contribution in [1.29, 1.82) is 0 Å². The standard InChI is InChI=1S/C20H24N2O4S/c1-2-25-17-5-7-20(8-6-17)27(23,24)22-15-3-4-16(22)14-19(13-15)26-18-9-11-21-12-10-18/h5-12,15-16,19H,2-4,13-14H2,1H3. The Labute approximate surface area is 160 Å². The number of piperidine rings is 1. The molecular formula is C20H24N2O4S. The molecule has 2 unspecified atom stereocenters. The first kappa shape index (κ1) is 18.3. The number of rotatable bonds is 6. The molecule has 0 spiro atoms. The summed E-state index contributed by atoms with van der Waals surface area (Å²) in [5.41, 5.74) is 0. The molecule has 7 heteroatoms. The van der Waals surface area contributed by atoms with E-state index < -0.39 is 10.0 Å². The third-order valence-corrected chi connectivity index (χ3v) is 7.30. The van der Waals surface area contributed by atoms with Crippen LogP contribution in [0.3, 0.4) is 0 Å². The van der Waals surface area contributed by atoms with Crippen LogP contribution >= 0.6 is 0 Å². The van der Waals surface area contributed by atoms with E-state index in [1.165, 1.54) is 0 Å². The quantitative estimate of drug-likeness (QED) is 0.760. The minimum atomic E-state index is -3.51. The Morgan fingerprint density at radius 2 is 1.63 bits per heavy atom. The minimum absolute atomic E-state index is 0.00726. The van der Waals surface area contributed by atoms with Crippen molar-refractivity contribution >= 4 is 10.0 Å². The molecule has 2 bridgehead atoms. The van der Waals surface area contributed by atoms with Crippen LogP contribution in [0.4, 0.5) is 0 Å². The lowest BCUT2D eigenvalue weighted by Crippen LogP contribution is -2.49. The Balaban J connectivity index is 1.50. The monoisotopic (exact) mass is 388 g/mol. The number of benzene rings is 1. The van der Waals surface area contributed by atoms with Crippen molar-refractivity contribution in [3.05, 3.63) is 48.8 Å². The molecule has 4 rings (SSSR count). The maximum Gasteiger partial charge on any atom is 0.243 e. The van der Waals surface area contributed by atoms with E-state index in [-0.39, 0.29) is 18.2 Å². The molecule has 3 heterocycles. The van der Waals surface area contributed by atoms with Gasteiger partial charge in [0, 0.05) is 37.3 Å². The third kappa shape index (κ3) is 3.66. The second-order valence-corrected chi connectivity index (χ2v) is 8.86. The van der Waals surface area contributed by atoms with Gasteiger partial charge in [0.2, 0.25) is 10.0 Å². The molecule has 2 aliphatic rings. The fourth-order valence-corrected chi connectivity index (χ4v) is 6.07. The van der Waals surface area contributed by atoms with Crippen LogP contribution in [-0.2, 0) is 10.0 Å². The number of ether oxygens (including phenoxy) is 2. The Morgan fingerprint density at radius 3 is 2.22 bits per heavy atom. The average Bonchev–Trinajstić information content (AvgIpc) is 2.96. The predicted molar refractivity (Wildman–Crippen MR) is 101 cm³/mol. The van der Waals surface area contributed by atoms with Gasteiger partial charge in [-0.15, -0.1) is 0 Å². The van der Waals surface area contributed by atoms with Crippen LogP contribution in [-0.4, -0.2) is 42.5 Å². The summed E-state index contributed by atoms with van der Waals surface area (Å²) in [5, 5.41) is 0. The fourth-order valence-electron chi connectivity index (χ4n) is 4.18. The molecule has 2 aromatic rings. The zero-order valence-electron chi connectivity index (χ0n) is 15.3. The van der Waals surface area contributed by atoms with Gasteiger partial charge in [0.15, 0.2) is 0 Å². The van der Waals surface area contributed by atoms with Crippen molar-refractivity contribution < 1.29 is 17.9 Å². The average molecular weight is 388 g/mol. The van der Waals surface area contributed by atoms with Gasteiger partial charge in [-0.3, -0.25) is 4.98 Å². The van der Waals surface area contributed by atoms with E-state index in [0.717, 1.165) is 31.4 Å². The number of pyridine rings is 1. The Bertz CT molecular complexity index is 857. The highest BCUT2D eigenvalue weighted by Crippen LogP contribution is 2.41. The number of aromatic nitrogens is 1. The molecule has 2 atom stereocenters. The lowest BCUT2D eigenvalue weighted by Gasteiger charge is -2.37. The summed E-state index contributed by atoms with van der Waals surface area (Å²) >= 11 is 0. The van der Waals surface area contributed by atoms with Crippen molar-refractivity contribution in [2.45, 2.75) is 55.7 Å². The van der Waals surface area contributed by atoms with Crippen molar-refractivity contribution in [2.75, 3.05) is 6.61 Å². The van der Waals surface area contributed by atoms with Gasteiger partial charge in [-0.1, -0.05) is 0 Å². The predicted octanol–water partition coefficient (Wildman–Crippen LogP) is 3.24. The number of hydrogen-bond donors (Lipinski definition) is 0. The van der Waals surface area contributed by atoms with Crippen LogP contribution in [0.2, 0.25) is 0 Å². The summed E-state index contributed by atoms with van der Waals surface area (Å²) in [7, 11) is -3.51. The zero-order valence-corrected chi connectivity index (χ0v) is 16.1. The first-order valence-corrected chi connectivity index (χ1v) is 10.8. The van der Waals surface area contributed by atoms with Crippen molar-refractivity contribution in [3.8, 4) is 11.5 Å². The highest BCUT2D eigenvalue weighted by Gasteiger charge is 2.47. The Morgan fingerprint density at radius 1 is 1.00 bits per heavy atom. The first-order valence-electron chi connectivity index (χ1n) is 9.41. The SMILES string of the molecule is CCOc1ccc(S(=O)(=O)N2C3CCC2CC(Oc2ccncc2)C3)cc1. The topological polar surface area (TPSA) is 68.7 Å². The molecule has 27 heavy (non-hydrogen) atoms. The van der Waals surface area contributed by atoms with Gasteiger partial charge in [0.25, 0.3) is 0 Å². The molecule has 2 aliphatic heterocycles. The van der Waals surface area contributed by atoms with Crippen molar-refractivity contribution in [2.24, 2.45) is 0 Å². The molecule has 2 saturated heterocycles. The van der Waals surface area contributed by atoms with E-state index in [2.05, 4.69) is 4.98 Å². The van der Waals surface area contributed by atoms with E-state index in [9.17, 15) is 8.42 Å². The normalized spacial score (nSPS) is 25.3. The summed E-state index contributed by atoms with van der Waals surface area (Å²) in [6, 6.07) is 10.4. The highest BCUT2D eigenvalue weighted by atomic mass is 32.2. The molecule has 0 radical (unpaired) electrons. The molecule has 0 N–H and O–H groups in total. The van der Waals surface area contributed by atoms with Crippen molar-refractivity contribution in [3.63, 3.8) is 0 Å². The molecule has 0 saturated carbocycles. The van der Waals surface area contributed by atoms with Crippen LogP contribution in [0.15, 0.2) is 53.7 Å². The van der Waals surface area contributed by atoms with Crippen LogP contribution in [0.25, 0.3) is 0 Å². The fraction of sp³-hybridized carbons (Fsp3) is 0.450. The first-order chi connectivity index (χ1) is 13.1. The van der Waals surface area contributed by atoms with Gasteiger partial charge in [-0.2, -0.15) is 4.31 Å². The van der Waals surface area contributed by atoms with Crippen molar-refractivity contribution in [1.82, 2.24) is 9.29 Å². The molecule has 0 amide bonds. The smallest absolute Gasteiger partial charge is 0.243 e. The number of nitrogens with zero attached hydrogens (tertiary/aromatic N) is 2. The van der Waals surface area contributed by atoms with Crippen LogP contribution in [0.1, 0.15) is 32.6 Å². The largest absolute Gasteiger partial charge is 0.494 e. The second-order valence-electron chi connectivity index (χ2n) is 7.02. The van der Waals surface area contributed by atoms with E-state index in [1.807, 2.05) is 19.1 Å². The molecule has 0 aliphatic carbocycles. The number of sulfonamides is 1. The molecule has 1 aromatic carbocycles. The molecule has 1 aromatic heterocycles. The maximum atomic E-state index is 13.2. The molecular weight excluding hydrogens is 364 g/mol. The van der Waals surface area contributed by atoms with Gasteiger partial charge in [-0.05, 0) is 56.2 Å². The Kier molecular flexibility index (Phi) is 5.06. The molecule has 6 nitrogen and oxygen atoms in total.